The predicted octanol–water partition coefficient (Wildman–Crippen LogP) is 4.32. The van der Waals surface area contributed by atoms with Gasteiger partial charge in [-0.05, 0) is 12.1 Å². The number of rotatable bonds is 3. The smallest absolute Gasteiger partial charge is 0.433 e. The summed E-state index contributed by atoms with van der Waals surface area (Å²) in [5, 5.41) is 11.4. The summed E-state index contributed by atoms with van der Waals surface area (Å²) in [7, 11) is 0. The number of benzene rings is 1. The Balaban J connectivity index is 2.64. The van der Waals surface area contributed by atoms with Crippen LogP contribution in [0.25, 0.3) is 5.69 Å². The van der Waals surface area contributed by atoms with Gasteiger partial charge in [-0.2, -0.15) is 31.6 Å². The molecule has 1 aromatic carbocycles. The van der Waals surface area contributed by atoms with Gasteiger partial charge in [0, 0.05) is 11.2 Å². The van der Waals surface area contributed by atoms with Crippen LogP contribution in [-0.2, 0) is 17.4 Å². The van der Waals surface area contributed by atoms with Crippen molar-refractivity contribution in [3.63, 3.8) is 0 Å². The lowest BCUT2D eigenvalue weighted by molar-refractivity contribution is -0.137. The van der Waals surface area contributed by atoms with Gasteiger partial charge in [0.25, 0.3) is 0 Å². The average molecular weight is 451 g/mol. The van der Waals surface area contributed by atoms with Crippen molar-refractivity contribution in [3.05, 3.63) is 33.4 Å². The first-order valence-corrected chi connectivity index (χ1v) is 8.64. The molecule has 0 saturated carbocycles. The Bertz CT molecular complexity index is 898. The molecule has 0 aliphatic heterocycles. The highest BCUT2D eigenvalue weighted by Crippen LogP contribution is 2.39. The van der Waals surface area contributed by atoms with Crippen molar-refractivity contribution in [2.45, 2.75) is 17.2 Å². The van der Waals surface area contributed by atoms with E-state index in [1.807, 2.05) is 0 Å². The van der Waals surface area contributed by atoms with Gasteiger partial charge < -0.3 is 10.3 Å². The summed E-state index contributed by atoms with van der Waals surface area (Å²) < 4.78 is 88.4. The molecule has 146 valence electrons. The van der Waals surface area contributed by atoms with Gasteiger partial charge in [0.2, 0.25) is 16.3 Å². The van der Waals surface area contributed by atoms with E-state index in [0.29, 0.717) is 16.8 Å². The van der Waals surface area contributed by atoms with Gasteiger partial charge in [-0.1, -0.05) is 23.2 Å². The van der Waals surface area contributed by atoms with E-state index in [-0.39, 0.29) is 0 Å². The van der Waals surface area contributed by atoms with E-state index in [0.717, 1.165) is 0 Å². The maximum Gasteiger partial charge on any atom is 0.433 e. The number of nitrogens with two attached hydrogens (primary N) is 1. The first-order valence-electron chi connectivity index (χ1n) is 6.56. The maximum absolute atomic E-state index is 12.8. The van der Waals surface area contributed by atoms with Crippen molar-refractivity contribution in [2.75, 3.05) is 11.5 Å². The van der Waals surface area contributed by atoms with Crippen LogP contribution in [0.2, 0.25) is 10.0 Å². The molecule has 27 heavy (non-hydrogen) atoms. The molecule has 0 radical (unpaired) electrons. The highest BCUT2D eigenvalue weighted by atomic mass is 35.5. The quantitative estimate of drug-likeness (QED) is 0.556. The van der Waals surface area contributed by atoms with Gasteiger partial charge in [-0.25, -0.2) is 4.68 Å². The van der Waals surface area contributed by atoms with Gasteiger partial charge in [-0.15, -0.1) is 5.10 Å². The van der Waals surface area contributed by atoms with E-state index in [1.54, 1.807) is 0 Å². The lowest BCUT2D eigenvalue weighted by Gasteiger charge is -2.14. The Hall–Kier alpha value is -1.81. The molecular formula is C13H6Cl2F6N4OS. The second kappa shape index (κ2) is 7.31. The number of halogens is 8. The third-order valence-electron chi connectivity index (χ3n) is 3.06. The zero-order valence-electron chi connectivity index (χ0n) is 12.6. The number of nitrogens with zero attached hydrogens (tertiary/aromatic N) is 3. The Morgan fingerprint density at radius 2 is 1.70 bits per heavy atom. The van der Waals surface area contributed by atoms with Gasteiger partial charge in [-0.3, -0.25) is 0 Å². The zero-order valence-corrected chi connectivity index (χ0v) is 14.9. The van der Waals surface area contributed by atoms with E-state index in [2.05, 4.69) is 5.10 Å². The van der Waals surface area contributed by atoms with E-state index in [4.69, 9.17) is 34.2 Å². The van der Waals surface area contributed by atoms with E-state index < -0.39 is 67.0 Å². The summed E-state index contributed by atoms with van der Waals surface area (Å²) in [6, 6.07) is 2.43. The van der Waals surface area contributed by atoms with Crippen molar-refractivity contribution in [1.29, 1.82) is 5.26 Å². The van der Waals surface area contributed by atoms with Crippen LogP contribution < -0.4 is 5.73 Å². The normalized spacial score (nSPS) is 13.5. The summed E-state index contributed by atoms with van der Waals surface area (Å²) in [5.41, 5.74) is 3.34. The van der Waals surface area contributed by atoms with Crippen LogP contribution in [0.1, 0.15) is 11.3 Å². The van der Waals surface area contributed by atoms with E-state index >= 15 is 0 Å². The van der Waals surface area contributed by atoms with Crippen LogP contribution in [0.5, 0.6) is 0 Å². The molecular weight excluding hydrogens is 445 g/mol. The second-order valence-corrected chi connectivity index (χ2v) is 7.18. The van der Waals surface area contributed by atoms with Crippen LogP contribution in [-0.4, -0.2) is 26.3 Å². The minimum absolute atomic E-state index is 0.407. The first kappa shape index (κ1) is 21.5. The first-order chi connectivity index (χ1) is 12.3. The molecule has 0 aliphatic rings. The van der Waals surface area contributed by atoms with Crippen LogP contribution in [0.4, 0.5) is 32.2 Å². The molecule has 14 heteroatoms. The topological polar surface area (TPSA) is 90.7 Å². The van der Waals surface area contributed by atoms with E-state index in [1.165, 1.54) is 6.07 Å². The molecule has 1 aromatic heterocycles. The fraction of sp³-hybridized carbons (Fsp3) is 0.231. The van der Waals surface area contributed by atoms with Crippen LogP contribution in [0.3, 0.4) is 0 Å². The molecule has 0 bridgehead atoms. The van der Waals surface area contributed by atoms with Crippen molar-refractivity contribution in [2.24, 2.45) is 0 Å². The monoisotopic (exact) mass is 450 g/mol. The lowest BCUT2D eigenvalue weighted by atomic mass is 10.2. The van der Waals surface area contributed by atoms with Gasteiger partial charge in [0.1, 0.15) is 11.8 Å². The Morgan fingerprint density at radius 1 is 1.19 bits per heavy atom. The lowest BCUT2D eigenvalue weighted by Crippen LogP contribution is -2.24. The molecule has 0 saturated heterocycles. The molecule has 5 nitrogen and oxygen atoms in total. The second-order valence-electron chi connectivity index (χ2n) is 4.98. The highest BCUT2D eigenvalue weighted by molar-refractivity contribution is 7.91. The van der Waals surface area contributed by atoms with Crippen molar-refractivity contribution in [1.82, 2.24) is 9.78 Å². The van der Waals surface area contributed by atoms with Crippen molar-refractivity contribution < 1.29 is 30.9 Å². The van der Waals surface area contributed by atoms with Gasteiger partial charge in [0.05, 0.1) is 15.6 Å². The molecule has 0 aliphatic carbocycles. The van der Waals surface area contributed by atoms with Crippen LogP contribution in [0.15, 0.2) is 17.0 Å². The summed E-state index contributed by atoms with van der Waals surface area (Å²) in [6.07, 6.45) is -9.59. The SMILES string of the molecule is N#Cc1nn(-c2c(Cl)cc(C(F)(F)F)cc2Cl)c(N)c1[S+]([O-])CC(F)(F)F. The standard InChI is InChI=1S/C13H6Cl2F6N4OS/c14-6-1-5(13(19,20)21)2-7(15)9(6)25-11(23)10(8(3-22)24-25)27(26)4-12(16,17)18/h1-2H,4,23H2. The highest BCUT2D eigenvalue weighted by Gasteiger charge is 2.40. The maximum atomic E-state index is 12.8. The molecule has 2 rings (SSSR count). The number of nitrogen functional groups attached to an aromatic ring is 1. The third kappa shape index (κ3) is 4.55. The minimum Gasteiger partial charge on any atom is -0.611 e. The minimum atomic E-state index is -4.82. The van der Waals surface area contributed by atoms with Crippen molar-refractivity contribution in [3.8, 4) is 11.8 Å². The van der Waals surface area contributed by atoms with Gasteiger partial charge in [0.15, 0.2) is 5.82 Å². The number of anilines is 1. The van der Waals surface area contributed by atoms with Crippen LogP contribution >= 0.6 is 23.2 Å². The summed E-state index contributed by atoms with van der Waals surface area (Å²) in [5.74, 6) is -2.47. The molecule has 1 atom stereocenters. The number of hydrogen-bond acceptors (Lipinski definition) is 4. The molecule has 0 amide bonds. The molecule has 2 aromatic rings. The third-order valence-corrected chi connectivity index (χ3v) is 5.08. The summed E-state index contributed by atoms with van der Waals surface area (Å²) >= 11 is 8.81. The zero-order chi connectivity index (χ0) is 20.7. The predicted molar refractivity (Wildman–Crippen MR) is 85.0 cm³/mol. The molecule has 1 unspecified atom stereocenters. The molecule has 1 heterocycles. The Morgan fingerprint density at radius 3 is 2.11 bits per heavy atom. The average Bonchev–Trinajstić information content (AvgIpc) is 2.80. The van der Waals surface area contributed by atoms with Crippen LogP contribution in [0, 0.1) is 11.3 Å². The molecule has 2 N–H and O–H groups in total. The fourth-order valence-corrected chi connectivity index (χ4v) is 3.75. The fourth-order valence-electron chi connectivity index (χ4n) is 2.04. The summed E-state index contributed by atoms with van der Waals surface area (Å²) in [6.45, 7) is 0. The number of nitriles is 1. The van der Waals surface area contributed by atoms with Crippen molar-refractivity contribution >= 4 is 40.2 Å². The largest absolute Gasteiger partial charge is 0.611 e. The Kier molecular flexibility index (Phi) is 5.82. The number of alkyl halides is 6. The van der Waals surface area contributed by atoms with E-state index in [9.17, 15) is 30.9 Å². The molecule has 0 fully saturated rings. The number of aromatic nitrogens is 2. The molecule has 0 spiro atoms. The Labute approximate surface area is 160 Å². The number of hydrogen-bond donors (Lipinski definition) is 1. The van der Waals surface area contributed by atoms with Gasteiger partial charge >= 0.3 is 12.4 Å². The summed E-state index contributed by atoms with van der Waals surface area (Å²) in [4.78, 5) is -0.721.